The van der Waals surface area contributed by atoms with Gasteiger partial charge in [0.05, 0.1) is 13.2 Å². The Morgan fingerprint density at radius 2 is 1.96 bits per heavy atom. The summed E-state index contributed by atoms with van der Waals surface area (Å²) < 4.78 is 10.5. The van der Waals surface area contributed by atoms with Gasteiger partial charge in [-0.3, -0.25) is 0 Å². The van der Waals surface area contributed by atoms with Crippen LogP contribution in [0, 0.1) is 6.54 Å². The molecule has 0 radical (unpaired) electrons. The average molecular weight is 313 g/mol. The first-order valence-corrected chi connectivity index (χ1v) is 7.48. The minimum atomic E-state index is -0.753. The number of ether oxygens (including phenoxy) is 2. The van der Waals surface area contributed by atoms with Gasteiger partial charge in [-0.05, 0) is 38.5 Å². The fourth-order valence-electron chi connectivity index (χ4n) is 2.52. The Bertz CT molecular complexity index is 512. The maximum atomic E-state index is 12.2. The number of likely N-dealkylation sites (tertiary alicyclic amines) is 1. The summed E-state index contributed by atoms with van der Waals surface area (Å²) in [5, 5.41) is 10.6. The monoisotopic (exact) mass is 313 g/mol. The Morgan fingerprint density at radius 1 is 1.35 bits per heavy atom. The number of amides is 1. The van der Waals surface area contributed by atoms with Gasteiger partial charge in [0.25, 0.3) is 0 Å². The molecular weight excluding hydrogens is 289 g/mol. The largest absolute Gasteiger partial charge is 1.00 e. The molecule has 2 atom stereocenters. The summed E-state index contributed by atoms with van der Waals surface area (Å²) in [6.07, 6.45) is 0.295. The van der Waals surface area contributed by atoms with Crippen molar-refractivity contribution in [2.24, 2.45) is 0 Å². The van der Waals surface area contributed by atoms with Crippen molar-refractivity contribution in [1.82, 2.24) is 4.90 Å². The van der Waals surface area contributed by atoms with Crippen molar-refractivity contribution in [2.45, 2.75) is 51.4 Å². The zero-order valence-electron chi connectivity index (χ0n) is 14.6. The van der Waals surface area contributed by atoms with Crippen molar-refractivity contribution in [3.63, 3.8) is 0 Å². The normalized spacial score (nSPS) is 19.0. The molecule has 122 valence electrons. The van der Waals surface area contributed by atoms with Crippen molar-refractivity contribution in [3.8, 4) is 5.75 Å². The predicted molar refractivity (Wildman–Crippen MR) is 83.3 cm³/mol. The summed E-state index contributed by atoms with van der Waals surface area (Å²) in [5.74, 6) is 0.734. The van der Waals surface area contributed by atoms with Gasteiger partial charge in [-0.25, -0.2) is 11.3 Å². The van der Waals surface area contributed by atoms with Crippen LogP contribution in [0.5, 0.6) is 5.75 Å². The number of nitrogens with zero attached hydrogens (tertiary/aromatic N) is 1. The fourth-order valence-corrected chi connectivity index (χ4v) is 2.52. The van der Waals surface area contributed by atoms with E-state index >= 15 is 0 Å². The maximum absolute atomic E-state index is 12.2. The topological polar surface area (TPSA) is 59.0 Å². The SMILES string of the molecule is COc1ccc(C(O)C2CC[CH-]N2C(=O)OC(C)(C)C)cc1.[Li+]. The van der Waals surface area contributed by atoms with Gasteiger partial charge in [0, 0.05) is 6.04 Å². The van der Waals surface area contributed by atoms with E-state index in [9.17, 15) is 9.90 Å². The molecule has 0 spiro atoms. The van der Waals surface area contributed by atoms with Crippen LogP contribution < -0.4 is 23.6 Å². The number of aliphatic hydroxyl groups is 1. The van der Waals surface area contributed by atoms with Crippen LogP contribution in [0.4, 0.5) is 4.79 Å². The zero-order chi connectivity index (χ0) is 16.3. The van der Waals surface area contributed by atoms with E-state index in [1.165, 1.54) is 4.90 Å². The minimum absolute atomic E-state index is 0. The molecule has 5 nitrogen and oxygen atoms in total. The average Bonchev–Trinajstić information content (AvgIpc) is 2.94. The van der Waals surface area contributed by atoms with Crippen LogP contribution in [0.1, 0.15) is 45.3 Å². The predicted octanol–water partition coefficient (Wildman–Crippen LogP) is 0.294. The first-order chi connectivity index (χ1) is 10.3. The van der Waals surface area contributed by atoms with Gasteiger partial charge in [0.15, 0.2) is 0 Å². The molecule has 1 amide bonds. The molecule has 23 heavy (non-hydrogen) atoms. The van der Waals surface area contributed by atoms with E-state index in [1.807, 2.05) is 32.9 Å². The van der Waals surface area contributed by atoms with E-state index in [0.717, 1.165) is 17.7 Å². The van der Waals surface area contributed by atoms with E-state index in [1.54, 1.807) is 25.8 Å². The van der Waals surface area contributed by atoms with E-state index < -0.39 is 17.8 Å². The van der Waals surface area contributed by atoms with Gasteiger partial charge < -0.3 is 19.5 Å². The first-order valence-electron chi connectivity index (χ1n) is 7.48. The maximum Gasteiger partial charge on any atom is 1.00 e. The molecule has 1 heterocycles. The number of methoxy groups -OCH3 is 1. The second-order valence-corrected chi connectivity index (χ2v) is 6.43. The van der Waals surface area contributed by atoms with Crippen LogP contribution in [0.15, 0.2) is 24.3 Å². The quantitative estimate of drug-likeness (QED) is 0.644. The molecule has 0 aromatic heterocycles. The Balaban J connectivity index is 0.00000264. The van der Waals surface area contributed by atoms with Crippen molar-refractivity contribution in [2.75, 3.05) is 7.11 Å². The van der Waals surface area contributed by atoms with Crippen LogP contribution in [0.3, 0.4) is 0 Å². The molecule has 1 aromatic carbocycles. The van der Waals surface area contributed by atoms with Crippen molar-refractivity contribution < 1.29 is 38.2 Å². The number of carbonyl (C=O) groups excluding carboxylic acids is 1. The standard InChI is InChI=1S/C17H24NO4.Li/c1-17(2,3)22-16(20)18-11-5-6-14(18)15(19)12-7-9-13(21-4)10-8-12;/h7-11,14-15,19H,5-6H2,1-4H3;/q-1;+1. The Kier molecular flexibility index (Phi) is 7.00. The summed E-state index contributed by atoms with van der Waals surface area (Å²) >= 11 is 0. The second kappa shape index (κ2) is 8.10. The molecule has 1 saturated heterocycles. The van der Waals surface area contributed by atoms with Crippen LogP contribution in [-0.4, -0.2) is 34.9 Å². The Morgan fingerprint density at radius 3 is 2.48 bits per heavy atom. The van der Waals surface area contributed by atoms with E-state index in [4.69, 9.17) is 9.47 Å². The number of benzene rings is 1. The number of hydrogen-bond acceptors (Lipinski definition) is 4. The number of rotatable bonds is 3. The third-order valence-electron chi connectivity index (χ3n) is 3.57. The number of aliphatic hydroxyl groups excluding tert-OH is 1. The van der Waals surface area contributed by atoms with Crippen molar-refractivity contribution in [3.05, 3.63) is 36.4 Å². The van der Waals surface area contributed by atoms with Crippen molar-refractivity contribution in [1.29, 1.82) is 0 Å². The smallest absolute Gasteiger partial charge is 0.497 e. The van der Waals surface area contributed by atoms with Gasteiger partial charge in [0.1, 0.15) is 11.4 Å². The van der Waals surface area contributed by atoms with Crippen LogP contribution in [0.2, 0.25) is 0 Å². The molecule has 1 aliphatic rings. The molecule has 1 aromatic rings. The molecule has 2 rings (SSSR count). The molecule has 6 heteroatoms. The fraction of sp³-hybridized carbons (Fsp3) is 0.529. The van der Waals surface area contributed by atoms with Crippen LogP contribution >= 0.6 is 0 Å². The number of carbonyl (C=O) groups is 1. The van der Waals surface area contributed by atoms with Crippen LogP contribution in [0.25, 0.3) is 0 Å². The molecule has 0 bridgehead atoms. The summed E-state index contributed by atoms with van der Waals surface area (Å²) in [6.45, 7) is 7.28. The summed E-state index contributed by atoms with van der Waals surface area (Å²) in [4.78, 5) is 13.8. The van der Waals surface area contributed by atoms with Gasteiger partial charge in [-0.15, -0.1) is 0 Å². The van der Waals surface area contributed by atoms with Gasteiger partial charge in [-0.2, -0.15) is 6.42 Å². The molecule has 0 saturated carbocycles. The molecular formula is C17H24LiNO4. The molecule has 2 unspecified atom stereocenters. The summed E-state index contributed by atoms with van der Waals surface area (Å²) in [6, 6.07) is 6.93. The zero-order valence-corrected chi connectivity index (χ0v) is 14.6. The summed E-state index contributed by atoms with van der Waals surface area (Å²) in [7, 11) is 1.60. The summed E-state index contributed by atoms with van der Waals surface area (Å²) in [5.41, 5.74) is 0.206. The van der Waals surface area contributed by atoms with Gasteiger partial charge in [-0.1, -0.05) is 18.6 Å². The third-order valence-corrected chi connectivity index (χ3v) is 3.57. The first kappa shape index (κ1) is 19.9. The molecule has 1 fully saturated rings. The third kappa shape index (κ3) is 5.17. The molecule has 0 aliphatic carbocycles. The van der Waals surface area contributed by atoms with Gasteiger partial charge in [0.2, 0.25) is 0 Å². The Labute approximate surface area is 150 Å². The van der Waals surface area contributed by atoms with Crippen LogP contribution in [-0.2, 0) is 4.74 Å². The Hall–Kier alpha value is -1.15. The van der Waals surface area contributed by atoms with E-state index in [0.29, 0.717) is 6.42 Å². The van der Waals surface area contributed by atoms with Crippen molar-refractivity contribution >= 4 is 6.09 Å². The molecule has 1 N–H and O–H groups in total. The molecule has 1 aliphatic heterocycles. The minimum Gasteiger partial charge on any atom is -0.497 e. The number of hydrogen-bond donors (Lipinski definition) is 1. The second-order valence-electron chi connectivity index (χ2n) is 6.43. The van der Waals surface area contributed by atoms with E-state index in [-0.39, 0.29) is 24.9 Å². The van der Waals surface area contributed by atoms with E-state index in [2.05, 4.69) is 0 Å². The van der Waals surface area contributed by atoms with Gasteiger partial charge >= 0.3 is 25.0 Å².